The quantitative estimate of drug-likeness (QED) is 0.0521. The summed E-state index contributed by atoms with van der Waals surface area (Å²) < 4.78 is 22.7. The highest BCUT2D eigenvalue weighted by Crippen LogP contribution is 2.17. The predicted molar refractivity (Wildman–Crippen MR) is 196 cm³/mol. The van der Waals surface area contributed by atoms with Crippen molar-refractivity contribution in [2.24, 2.45) is 0 Å². The summed E-state index contributed by atoms with van der Waals surface area (Å²) in [6, 6.07) is 30.2. The first-order valence-corrected chi connectivity index (χ1v) is 16.9. The monoisotopic (exact) mass is 642 g/mol. The molecule has 0 aromatic heterocycles. The van der Waals surface area contributed by atoms with E-state index in [9.17, 15) is 0 Å². The molecule has 0 unspecified atom stereocenters. The molecule has 0 radical (unpaired) electrons. The van der Waals surface area contributed by atoms with Crippen LogP contribution in [-0.2, 0) is 0 Å². The predicted octanol–water partition coefficient (Wildman–Crippen LogP) is 8.91. The van der Waals surface area contributed by atoms with Gasteiger partial charge in [-0.15, -0.1) is 0 Å². The Kier molecular flexibility index (Phi) is 17.8. The number of unbranched alkanes of at least 4 members (excludes halogenated alkanes) is 9. The van der Waals surface area contributed by atoms with Crippen LogP contribution in [0.3, 0.4) is 0 Å². The summed E-state index contributed by atoms with van der Waals surface area (Å²) in [6.07, 6.45) is 12.8. The lowest BCUT2D eigenvalue weighted by Crippen LogP contribution is -1.99. The molecule has 4 rings (SSSR count). The third-order valence-electron chi connectivity index (χ3n) is 7.42. The van der Waals surface area contributed by atoms with Crippen LogP contribution in [0.15, 0.2) is 97.1 Å². The Morgan fingerprint density at radius 1 is 0.255 bits per heavy atom. The van der Waals surface area contributed by atoms with E-state index in [4.69, 9.17) is 41.9 Å². The van der Waals surface area contributed by atoms with Crippen LogP contribution in [0.25, 0.3) is 0 Å². The minimum absolute atomic E-state index is 0.756. The number of anilines is 4. The van der Waals surface area contributed by atoms with Crippen molar-refractivity contribution in [1.82, 2.24) is 0 Å². The summed E-state index contributed by atoms with van der Waals surface area (Å²) in [5, 5.41) is 0. The van der Waals surface area contributed by atoms with Crippen LogP contribution in [0.5, 0.6) is 23.0 Å². The Balaban J connectivity index is 0.000000256. The number of hydrogen-bond acceptors (Lipinski definition) is 8. The van der Waals surface area contributed by atoms with Gasteiger partial charge >= 0.3 is 0 Å². The standard InChI is InChI=1S/C20H28N2O2.C19H26N2O2/c21-17-7-11-19(12-8-17)23-15-5-3-1-2-4-6-16-24-20-13-9-18(22)10-14-20;20-16-6-10-18(11-7-16)22-14-4-2-1-3-5-15-23-19-12-8-17(21)9-13-19/h7-14H,1-6,15-16,21-22H2;6-13H,1-5,14-15,20-21H2. The molecule has 0 aliphatic heterocycles. The molecule has 4 aromatic carbocycles. The molecule has 0 atom stereocenters. The third kappa shape index (κ3) is 17.5. The molecule has 0 amide bonds. The SMILES string of the molecule is Nc1ccc(OCCCCCCCCOc2ccc(N)cc2)cc1.Nc1ccc(OCCCCCCCOc2ccc(N)cc2)cc1. The summed E-state index contributed by atoms with van der Waals surface area (Å²) in [7, 11) is 0. The van der Waals surface area contributed by atoms with E-state index in [1.807, 2.05) is 97.1 Å². The molecule has 4 aromatic rings. The first kappa shape index (κ1) is 36.7. The fourth-order valence-electron chi connectivity index (χ4n) is 4.66. The Bertz CT molecular complexity index is 1230. The maximum Gasteiger partial charge on any atom is 0.119 e. The van der Waals surface area contributed by atoms with Gasteiger partial charge in [0.25, 0.3) is 0 Å². The van der Waals surface area contributed by atoms with Crippen molar-refractivity contribution < 1.29 is 18.9 Å². The number of rotatable bonds is 21. The van der Waals surface area contributed by atoms with Crippen LogP contribution in [0.4, 0.5) is 22.7 Å². The van der Waals surface area contributed by atoms with Crippen LogP contribution in [0.2, 0.25) is 0 Å². The first-order valence-electron chi connectivity index (χ1n) is 16.9. The number of hydrogen-bond donors (Lipinski definition) is 4. The van der Waals surface area contributed by atoms with Crippen LogP contribution in [0, 0.1) is 0 Å². The van der Waals surface area contributed by atoms with Gasteiger partial charge in [-0.3, -0.25) is 0 Å². The van der Waals surface area contributed by atoms with Gasteiger partial charge in [-0.2, -0.15) is 0 Å². The van der Waals surface area contributed by atoms with E-state index in [1.165, 1.54) is 44.9 Å². The maximum absolute atomic E-state index is 5.68. The molecule has 47 heavy (non-hydrogen) atoms. The second kappa shape index (κ2) is 22.7. The van der Waals surface area contributed by atoms with Gasteiger partial charge in [0.2, 0.25) is 0 Å². The molecule has 0 aliphatic rings. The average molecular weight is 643 g/mol. The molecule has 0 aliphatic carbocycles. The number of ether oxygens (including phenoxy) is 4. The van der Waals surface area contributed by atoms with Gasteiger partial charge < -0.3 is 41.9 Å². The van der Waals surface area contributed by atoms with Crippen LogP contribution < -0.4 is 41.9 Å². The van der Waals surface area contributed by atoms with E-state index in [0.717, 1.165) is 97.9 Å². The summed E-state index contributed by atoms with van der Waals surface area (Å²) in [5.74, 6) is 3.56. The van der Waals surface area contributed by atoms with Crippen molar-refractivity contribution in [1.29, 1.82) is 0 Å². The van der Waals surface area contributed by atoms with E-state index in [0.29, 0.717) is 0 Å². The van der Waals surface area contributed by atoms with E-state index in [2.05, 4.69) is 0 Å². The van der Waals surface area contributed by atoms with Gasteiger partial charge in [0.15, 0.2) is 0 Å². The summed E-state index contributed by atoms with van der Waals surface area (Å²) in [6.45, 7) is 3.05. The second-order valence-corrected chi connectivity index (χ2v) is 11.6. The molecular weight excluding hydrogens is 588 g/mol. The zero-order valence-electron chi connectivity index (χ0n) is 27.8. The van der Waals surface area contributed by atoms with Gasteiger partial charge in [0, 0.05) is 22.7 Å². The van der Waals surface area contributed by atoms with Crippen LogP contribution in [0.1, 0.15) is 70.6 Å². The van der Waals surface area contributed by atoms with E-state index in [-0.39, 0.29) is 0 Å². The molecule has 0 spiro atoms. The van der Waals surface area contributed by atoms with Gasteiger partial charge in [-0.05, 0) is 123 Å². The normalized spacial score (nSPS) is 10.5. The van der Waals surface area contributed by atoms with Gasteiger partial charge in [0.05, 0.1) is 26.4 Å². The fraction of sp³-hybridized carbons (Fsp3) is 0.385. The molecular formula is C39H54N4O4. The number of benzene rings is 4. The molecule has 0 heterocycles. The Morgan fingerprint density at radius 3 is 0.617 bits per heavy atom. The van der Waals surface area contributed by atoms with Crippen molar-refractivity contribution in [2.75, 3.05) is 49.4 Å². The minimum atomic E-state index is 0.756. The molecule has 8 N–H and O–H groups in total. The lowest BCUT2D eigenvalue weighted by atomic mass is 10.1. The summed E-state index contributed by atoms with van der Waals surface area (Å²) in [5.41, 5.74) is 25.6. The highest BCUT2D eigenvalue weighted by molar-refractivity contribution is 5.43. The molecule has 0 saturated heterocycles. The smallest absolute Gasteiger partial charge is 0.119 e. The summed E-state index contributed by atoms with van der Waals surface area (Å²) in [4.78, 5) is 0. The van der Waals surface area contributed by atoms with Crippen LogP contribution >= 0.6 is 0 Å². The Morgan fingerprint density at radius 2 is 0.426 bits per heavy atom. The highest BCUT2D eigenvalue weighted by Gasteiger charge is 1.98. The lowest BCUT2D eigenvalue weighted by molar-refractivity contribution is 0.293. The largest absolute Gasteiger partial charge is 0.494 e. The molecule has 0 bridgehead atoms. The molecule has 254 valence electrons. The van der Waals surface area contributed by atoms with Crippen molar-refractivity contribution >= 4 is 22.7 Å². The maximum atomic E-state index is 5.68. The highest BCUT2D eigenvalue weighted by atomic mass is 16.5. The molecule has 8 heteroatoms. The zero-order chi connectivity index (χ0) is 33.4. The molecule has 0 fully saturated rings. The third-order valence-corrected chi connectivity index (χ3v) is 7.42. The number of nitrogens with two attached hydrogens (primary N) is 4. The van der Waals surface area contributed by atoms with Crippen molar-refractivity contribution in [3.63, 3.8) is 0 Å². The zero-order valence-corrected chi connectivity index (χ0v) is 27.8. The van der Waals surface area contributed by atoms with E-state index < -0.39 is 0 Å². The first-order chi connectivity index (χ1) is 23.0. The average Bonchev–Trinajstić information content (AvgIpc) is 3.08. The Labute approximate surface area is 281 Å². The minimum Gasteiger partial charge on any atom is -0.494 e. The molecule has 8 nitrogen and oxygen atoms in total. The van der Waals surface area contributed by atoms with Crippen molar-refractivity contribution in [3.05, 3.63) is 97.1 Å². The van der Waals surface area contributed by atoms with Crippen molar-refractivity contribution in [3.8, 4) is 23.0 Å². The van der Waals surface area contributed by atoms with Crippen molar-refractivity contribution in [2.45, 2.75) is 70.6 Å². The van der Waals surface area contributed by atoms with Gasteiger partial charge in [-0.1, -0.05) is 44.9 Å². The van der Waals surface area contributed by atoms with E-state index in [1.54, 1.807) is 0 Å². The van der Waals surface area contributed by atoms with Crippen LogP contribution in [-0.4, -0.2) is 26.4 Å². The second-order valence-electron chi connectivity index (χ2n) is 11.6. The van der Waals surface area contributed by atoms with E-state index >= 15 is 0 Å². The lowest BCUT2D eigenvalue weighted by Gasteiger charge is -2.07. The topological polar surface area (TPSA) is 141 Å². The Hall–Kier alpha value is -4.72. The summed E-state index contributed by atoms with van der Waals surface area (Å²) >= 11 is 0. The molecule has 0 saturated carbocycles. The van der Waals surface area contributed by atoms with Gasteiger partial charge in [0.1, 0.15) is 23.0 Å². The fourth-order valence-corrected chi connectivity index (χ4v) is 4.66. The number of nitrogen functional groups attached to an aromatic ring is 4. The van der Waals surface area contributed by atoms with Gasteiger partial charge in [-0.25, -0.2) is 0 Å².